The van der Waals surface area contributed by atoms with Gasteiger partial charge in [-0.25, -0.2) is 0 Å². The molecule has 1 amide bonds. The molecule has 140 valence electrons. The molecular weight excluding hydrogens is 350 g/mol. The van der Waals surface area contributed by atoms with Crippen LogP contribution in [-0.4, -0.2) is 35.2 Å². The molecule has 0 saturated heterocycles. The number of rotatable bonds is 5. The Hall–Kier alpha value is -1.99. The van der Waals surface area contributed by atoms with Gasteiger partial charge >= 0.3 is 0 Å². The number of carbonyl (C=O) groups is 1. The quantitative estimate of drug-likeness (QED) is 0.788. The number of carbonyl (C=O) groups excluding carboxylic acids is 1. The van der Waals surface area contributed by atoms with Crippen molar-refractivity contribution in [3.05, 3.63) is 38.9 Å². The number of ether oxygens (including phenoxy) is 1. The van der Waals surface area contributed by atoms with Gasteiger partial charge in [0.2, 0.25) is 0 Å². The van der Waals surface area contributed by atoms with Crippen LogP contribution in [0.1, 0.15) is 43.0 Å². The van der Waals surface area contributed by atoms with Crippen molar-refractivity contribution in [2.75, 3.05) is 13.7 Å². The van der Waals surface area contributed by atoms with E-state index in [2.05, 4.69) is 17.2 Å². The van der Waals surface area contributed by atoms with E-state index in [9.17, 15) is 9.59 Å². The molecule has 0 spiro atoms. The van der Waals surface area contributed by atoms with Gasteiger partial charge in [0.15, 0.2) is 4.77 Å². The van der Waals surface area contributed by atoms with E-state index >= 15 is 0 Å². The Morgan fingerprint density at radius 1 is 1.38 bits per heavy atom. The molecule has 0 bridgehead atoms. The first kappa shape index (κ1) is 18.8. The fourth-order valence-electron chi connectivity index (χ4n) is 3.56. The minimum absolute atomic E-state index is 0.103. The molecule has 1 aliphatic carbocycles. The first-order chi connectivity index (χ1) is 12.5. The predicted molar refractivity (Wildman–Crippen MR) is 104 cm³/mol. The molecule has 0 unspecified atom stereocenters. The van der Waals surface area contributed by atoms with E-state index in [4.69, 9.17) is 17.0 Å². The summed E-state index contributed by atoms with van der Waals surface area (Å²) < 4.78 is 6.83. The third-order valence-electron chi connectivity index (χ3n) is 5.19. The third-order valence-corrected chi connectivity index (χ3v) is 5.51. The molecule has 1 aromatic carbocycles. The molecule has 3 rings (SSSR count). The summed E-state index contributed by atoms with van der Waals surface area (Å²) in [5, 5.41) is 3.65. The molecule has 1 heterocycles. The van der Waals surface area contributed by atoms with Crippen LogP contribution in [0.3, 0.4) is 0 Å². The highest BCUT2D eigenvalue weighted by Gasteiger charge is 2.23. The van der Waals surface area contributed by atoms with Crippen LogP contribution in [0.5, 0.6) is 0 Å². The zero-order chi connectivity index (χ0) is 18.7. The molecule has 0 aliphatic heterocycles. The van der Waals surface area contributed by atoms with Gasteiger partial charge in [-0.1, -0.05) is 19.8 Å². The van der Waals surface area contributed by atoms with Crippen molar-refractivity contribution in [1.29, 1.82) is 0 Å². The molecule has 26 heavy (non-hydrogen) atoms. The van der Waals surface area contributed by atoms with Crippen molar-refractivity contribution in [3.63, 3.8) is 0 Å². The maximum absolute atomic E-state index is 12.6. The Kier molecular flexibility index (Phi) is 5.88. The van der Waals surface area contributed by atoms with Gasteiger partial charge in [-0.2, -0.15) is 0 Å². The van der Waals surface area contributed by atoms with Crippen LogP contribution in [0.2, 0.25) is 0 Å². The number of aromatic amines is 1. The van der Waals surface area contributed by atoms with Gasteiger partial charge in [-0.3, -0.25) is 14.2 Å². The fraction of sp³-hybridized carbons (Fsp3) is 0.526. The standard InChI is InChI=1S/C19H25N3O3S/c1-12-5-3-4-6-15(12)20-17(23)13-7-8-14-16(11-13)21-19(26)22(18(14)24)9-10-25-2/h7-8,11-12,15H,3-6,9-10H2,1-2H3,(H,20,23)(H,21,26)/t12-,15+/m0/s1. The van der Waals surface area contributed by atoms with Gasteiger partial charge in [-0.05, 0) is 49.2 Å². The molecule has 2 N–H and O–H groups in total. The summed E-state index contributed by atoms with van der Waals surface area (Å²) in [4.78, 5) is 28.3. The lowest BCUT2D eigenvalue weighted by atomic mass is 9.86. The van der Waals surface area contributed by atoms with Crippen LogP contribution < -0.4 is 10.9 Å². The smallest absolute Gasteiger partial charge is 0.262 e. The van der Waals surface area contributed by atoms with Gasteiger partial charge in [0.25, 0.3) is 11.5 Å². The Morgan fingerprint density at radius 3 is 2.88 bits per heavy atom. The summed E-state index contributed by atoms with van der Waals surface area (Å²) in [6.45, 7) is 2.98. The molecule has 6 nitrogen and oxygen atoms in total. The van der Waals surface area contributed by atoms with Crippen molar-refractivity contribution in [3.8, 4) is 0 Å². The molecule has 7 heteroatoms. The second-order valence-corrected chi connectivity index (χ2v) is 7.37. The highest BCUT2D eigenvalue weighted by molar-refractivity contribution is 7.71. The number of nitrogens with zero attached hydrogens (tertiary/aromatic N) is 1. The van der Waals surface area contributed by atoms with Gasteiger partial charge in [0.1, 0.15) is 0 Å². The van der Waals surface area contributed by atoms with E-state index < -0.39 is 0 Å². The minimum Gasteiger partial charge on any atom is -0.383 e. The molecule has 1 aromatic heterocycles. The lowest BCUT2D eigenvalue weighted by molar-refractivity contribution is 0.0910. The normalized spacial score (nSPS) is 20.2. The van der Waals surface area contributed by atoms with Crippen LogP contribution >= 0.6 is 12.2 Å². The first-order valence-electron chi connectivity index (χ1n) is 9.08. The maximum Gasteiger partial charge on any atom is 0.262 e. The monoisotopic (exact) mass is 375 g/mol. The number of H-pyrrole nitrogens is 1. The van der Waals surface area contributed by atoms with E-state index in [-0.39, 0.29) is 17.5 Å². The number of hydrogen-bond acceptors (Lipinski definition) is 4. The SMILES string of the molecule is COCCn1c(=S)[nH]c2cc(C(=O)N[C@@H]3CCCC[C@@H]3C)ccc2c1=O. The molecule has 2 atom stereocenters. The van der Waals surface area contributed by atoms with Crippen LogP contribution in [0.4, 0.5) is 0 Å². The topological polar surface area (TPSA) is 76.1 Å². The van der Waals surface area contributed by atoms with Crippen molar-refractivity contribution >= 4 is 29.0 Å². The minimum atomic E-state index is -0.173. The summed E-state index contributed by atoms with van der Waals surface area (Å²) in [7, 11) is 1.58. The van der Waals surface area contributed by atoms with Gasteiger partial charge in [0.05, 0.1) is 24.1 Å². The fourth-order valence-corrected chi connectivity index (χ4v) is 3.85. The van der Waals surface area contributed by atoms with Crippen molar-refractivity contribution < 1.29 is 9.53 Å². The number of nitrogens with one attached hydrogen (secondary N) is 2. The lowest BCUT2D eigenvalue weighted by Crippen LogP contribution is -2.41. The number of amides is 1. The number of benzene rings is 1. The summed E-state index contributed by atoms with van der Waals surface area (Å²) in [6, 6.07) is 5.30. The second kappa shape index (κ2) is 8.14. The molecule has 1 saturated carbocycles. The lowest BCUT2D eigenvalue weighted by Gasteiger charge is -2.29. The zero-order valence-electron chi connectivity index (χ0n) is 15.2. The van der Waals surface area contributed by atoms with Crippen LogP contribution in [0, 0.1) is 10.7 Å². The van der Waals surface area contributed by atoms with E-state index in [1.807, 2.05) is 0 Å². The average Bonchev–Trinajstić information content (AvgIpc) is 2.63. The Balaban J connectivity index is 1.88. The van der Waals surface area contributed by atoms with Crippen molar-refractivity contribution in [2.24, 2.45) is 5.92 Å². The van der Waals surface area contributed by atoms with Gasteiger partial charge < -0.3 is 15.0 Å². The highest BCUT2D eigenvalue weighted by atomic mass is 32.1. The zero-order valence-corrected chi connectivity index (χ0v) is 16.0. The Bertz CT molecular complexity index is 918. The molecule has 1 fully saturated rings. The van der Waals surface area contributed by atoms with Crippen LogP contribution in [0.15, 0.2) is 23.0 Å². The summed E-state index contributed by atoms with van der Waals surface area (Å²) >= 11 is 5.29. The molecular formula is C19H25N3O3S. The maximum atomic E-state index is 12.6. The molecule has 0 radical (unpaired) electrons. The second-order valence-electron chi connectivity index (χ2n) is 6.98. The summed E-state index contributed by atoms with van der Waals surface area (Å²) in [5.41, 5.74) is 0.946. The van der Waals surface area contributed by atoms with E-state index in [1.54, 1.807) is 25.3 Å². The van der Waals surface area contributed by atoms with E-state index in [0.717, 1.165) is 19.3 Å². The summed E-state index contributed by atoms with van der Waals surface area (Å²) in [6.07, 6.45) is 4.56. The molecule has 2 aromatic rings. The van der Waals surface area contributed by atoms with E-state index in [0.29, 0.717) is 40.3 Å². The van der Waals surface area contributed by atoms with E-state index in [1.165, 1.54) is 11.0 Å². The third kappa shape index (κ3) is 3.88. The Labute approximate surface area is 157 Å². The van der Waals surface area contributed by atoms with Gasteiger partial charge in [-0.15, -0.1) is 0 Å². The number of methoxy groups -OCH3 is 1. The Morgan fingerprint density at radius 2 is 2.15 bits per heavy atom. The molecule has 1 aliphatic rings. The predicted octanol–water partition coefficient (Wildman–Crippen LogP) is 3.01. The largest absolute Gasteiger partial charge is 0.383 e. The van der Waals surface area contributed by atoms with Crippen LogP contribution in [-0.2, 0) is 11.3 Å². The number of fused-ring (bicyclic) bond motifs is 1. The van der Waals surface area contributed by atoms with Crippen molar-refractivity contribution in [1.82, 2.24) is 14.9 Å². The number of hydrogen-bond donors (Lipinski definition) is 2. The average molecular weight is 375 g/mol. The van der Waals surface area contributed by atoms with Crippen molar-refractivity contribution in [2.45, 2.75) is 45.2 Å². The highest BCUT2D eigenvalue weighted by Crippen LogP contribution is 2.24. The van der Waals surface area contributed by atoms with Gasteiger partial charge in [0, 0.05) is 18.7 Å². The number of aromatic nitrogens is 2. The van der Waals surface area contributed by atoms with Crippen LogP contribution in [0.25, 0.3) is 10.9 Å². The first-order valence-corrected chi connectivity index (χ1v) is 9.48. The summed E-state index contributed by atoms with van der Waals surface area (Å²) in [5.74, 6) is 0.389.